The van der Waals surface area contributed by atoms with Gasteiger partial charge in [0.2, 0.25) is 0 Å². The molecular formula is C12H17BrN2S. The Morgan fingerprint density at radius 1 is 1.44 bits per heavy atom. The molecule has 1 aromatic carbocycles. The van der Waals surface area contributed by atoms with Crippen LogP contribution in [0.4, 0.5) is 5.69 Å². The smallest absolute Gasteiger partial charge is 0.0331 e. The Labute approximate surface area is 109 Å². The Morgan fingerprint density at radius 2 is 2.31 bits per heavy atom. The summed E-state index contributed by atoms with van der Waals surface area (Å²) in [5, 5.41) is 3.56. The topological polar surface area (TPSA) is 38.0 Å². The molecule has 1 saturated heterocycles. The maximum absolute atomic E-state index is 5.71. The molecular weight excluding hydrogens is 284 g/mol. The largest absolute Gasteiger partial charge is 0.399 e. The molecule has 1 atom stereocenters. The average Bonchev–Trinajstić information content (AvgIpc) is 2.29. The number of hydrogen-bond donors (Lipinski definition) is 2. The van der Waals surface area contributed by atoms with Gasteiger partial charge in [-0.15, -0.1) is 11.8 Å². The molecule has 1 aliphatic rings. The summed E-state index contributed by atoms with van der Waals surface area (Å²) >= 11 is 5.45. The third-order valence-corrected chi connectivity index (χ3v) is 4.96. The molecule has 0 saturated carbocycles. The molecule has 1 aromatic rings. The summed E-state index contributed by atoms with van der Waals surface area (Å²) in [5.74, 6) is 1.14. The summed E-state index contributed by atoms with van der Waals surface area (Å²) < 4.78 is 1.10. The Kier molecular flexibility index (Phi) is 4.55. The maximum Gasteiger partial charge on any atom is 0.0331 e. The molecule has 1 unspecified atom stereocenters. The molecule has 3 N–H and O–H groups in total. The number of halogens is 1. The third kappa shape index (κ3) is 3.40. The van der Waals surface area contributed by atoms with Gasteiger partial charge in [-0.1, -0.05) is 6.42 Å². The second kappa shape index (κ2) is 5.94. The summed E-state index contributed by atoms with van der Waals surface area (Å²) in [6, 6.07) is 6.69. The van der Waals surface area contributed by atoms with Crippen molar-refractivity contribution in [3.63, 3.8) is 0 Å². The predicted molar refractivity (Wildman–Crippen MR) is 74.9 cm³/mol. The highest BCUT2D eigenvalue weighted by molar-refractivity contribution is 9.10. The van der Waals surface area contributed by atoms with E-state index in [0.29, 0.717) is 6.04 Å². The molecule has 0 radical (unpaired) electrons. The van der Waals surface area contributed by atoms with Crippen molar-refractivity contribution in [2.75, 3.05) is 18.0 Å². The van der Waals surface area contributed by atoms with Gasteiger partial charge in [-0.2, -0.15) is 0 Å². The predicted octanol–water partition coefficient (Wildman–Crippen LogP) is 3.27. The standard InChI is InChI=1S/C12H17BrN2S/c13-11-7-9(14)4-5-12(11)16-8-10-3-1-2-6-15-10/h4-5,7,10,15H,1-3,6,8,14H2. The molecule has 2 rings (SSSR count). The number of hydrogen-bond acceptors (Lipinski definition) is 3. The first kappa shape index (κ1) is 12.3. The van der Waals surface area contributed by atoms with E-state index in [1.165, 1.54) is 30.7 Å². The van der Waals surface area contributed by atoms with E-state index in [1.54, 1.807) is 0 Å². The van der Waals surface area contributed by atoms with Crippen LogP contribution in [-0.4, -0.2) is 18.3 Å². The van der Waals surface area contributed by atoms with Crippen LogP contribution >= 0.6 is 27.7 Å². The second-order valence-corrected chi connectivity index (χ2v) is 6.06. The fourth-order valence-electron chi connectivity index (χ4n) is 1.89. The van der Waals surface area contributed by atoms with Gasteiger partial charge in [0.05, 0.1) is 0 Å². The number of thioether (sulfide) groups is 1. The van der Waals surface area contributed by atoms with E-state index in [9.17, 15) is 0 Å². The van der Waals surface area contributed by atoms with E-state index < -0.39 is 0 Å². The van der Waals surface area contributed by atoms with Gasteiger partial charge in [0, 0.05) is 26.9 Å². The van der Waals surface area contributed by atoms with Crippen LogP contribution in [0.3, 0.4) is 0 Å². The van der Waals surface area contributed by atoms with Crippen molar-refractivity contribution in [2.45, 2.75) is 30.2 Å². The average molecular weight is 301 g/mol. The van der Waals surface area contributed by atoms with Gasteiger partial charge >= 0.3 is 0 Å². The van der Waals surface area contributed by atoms with Crippen molar-refractivity contribution in [2.24, 2.45) is 0 Å². The summed E-state index contributed by atoms with van der Waals surface area (Å²) in [4.78, 5) is 1.28. The normalized spacial score (nSPS) is 20.9. The highest BCUT2D eigenvalue weighted by Gasteiger charge is 2.13. The van der Waals surface area contributed by atoms with Crippen LogP contribution in [0.5, 0.6) is 0 Å². The molecule has 0 bridgehead atoms. The highest BCUT2D eigenvalue weighted by Crippen LogP contribution is 2.30. The SMILES string of the molecule is Nc1ccc(SCC2CCCCN2)c(Br)c1. The first-order valence-electron chi connectivity index (χ1n) is 5.67. The van der Waals surface area contributed by atoms with Crippen LogP contribution in [0.25, 0.3) is 0 Å². The van der Waals surface area contributed by atoms with E-state index in [-0.39, 0.29) is 0 Å². The van der Waals surface area contributed by atoms with E-state index in [4.69, 9.17) is 5.73 Å². The van der Waals surface area contributed by atoms with Gasteiger partial charge in [0.25, 0.3) is 0 Å². The highest BCUT2D eigenvalue weighted by atomic mass is 79.9. The van der Waals surface area contributed by atoms with Crippen LogP contribution < -0.4 is 11.1 Å². The van der Waals surface area contributed by atoms with Gasteiger partial charge in [0.1, 0.15) is 0 Å². The summed E-state index contributed by atoms with van der Waals surface area (Å²) in [7, 11) is 0. The third-order valence-electron chi connectivity index (χ3n) is 2.81. The van der Waals surface area contributed by atoms with Gasteiger partial charge in [-0.05, 0) is 53.5 Å². The number of nitrogens with one attached hydrogen (secondary N) is 1. The minimum atomic E-state index is 0.670. The van der Waals surface area contributed by atoms with Crippen LogP contribution in [-0.2, 0) is 0 Å². The molecule has 4 heteroatoms. The molecule has 16 heavy (non-hydrogen) atoms. The zero-order valence-electron chi connectivity index (χ0n) is 9.21. The molecule has 1 heterocycles. The number of benzene rings is 1. The lowest BCUT2D eigenvalue weighted by Gasteiger charge is -2.23. The summed E-state index contributed by atoms with van der Waals surface area (Å²) in [5.41, 5.74) is 6.53. The first-order valence-corrected chi connectivity index (χ1v) is 7.45. The maximum atomic E-state index is 5.71. The first-order chi connectivity index (χ1) is 7.75. The monoisotopic (exact) mass is 300 g/mol. The molecule has 0 aliphatic carbocycles. The molecule has 2 nitrogen and oxygen atoms in total. The minimum Gasteiger partial charge on any atom is -0.399 e. The van der Waals surface area contributed by atoms with E-state index in [0.717, 1.165) is 15.9 Å². The fourth-order valence-corrected chi connectivity index (χ4v) is 3.66. The van der Waals surface area contributed by atoms with E-state index >= 15 is 0 Å². The number of piperidine rings is 1. The molecule has 1 fully saturated rings. The van der Waals surface area contributed by atoms with Crippen molar-refractivity contribution in [3.05, 3.63) is 22.7 Å². The summed E-state index contributed by atoms with van der Waals surface area (Å²) in [6.45, 7) is 1.17. The lowest BCUT2D eigenvalue weighted by molar-refractivity contribution is 0.430. The molecule has 0 aromatic heterocycles. The fraction of sp³-hybridized carbons (Fsp3) is 0.500. The van der Waals surface area contributed by atoms with Crippen LogP contribution in [0.2, 0.25) is 0 Å². The number of anilines is 1. The van der Waals surface area contributed by atoms with Crippen molar-refractivity contribution in [1.82, 2.24) is 5.32 Å². The minimum absolute atomic E-state index is 0.670. The van der Waals surface area contributed by atoms with Crippen molar-refractivity contribution < 1.29 is 0 Å². The zero-order chi connectivity index (χ0) is 11.4. The van der Waals surface area contributed by atoms with Gasteiger partial charge in [-0.25, -0.2) is 0 Å². The summed E-state index contributed by atoms with van der Waals surface area (Å²) in [6.07, 6.45) is 3.99. The van der Waals surface area contributed by atoms with Gasteiger partial charge in [-0.3, -0.25) is 0 Å². The quantitative estimate of drug-likeness (QED) is 0.665. The Balaban J connectivity index is 1.88. The number of nitrogen functional groups attached to an aromatic ring is 1. The number of nitrogens with two attached hydrogens (primary N) is 1. The van der Waals surface area contributed by atoms with E-state index in [1.807, 2.05) is 23.9 Å². The molecule has 88 valence electrons. The lowest BCUT2D eigenvalue weighted by Crippen LogP contribution is -2.35. The van der Waals surface area contributed by atoms with Crippen LogP contribution in [0, 0.1) is 0 Å². The Morgan fingerprint density at radius 3 is 3.00 bits per heavy atom. The lowest BCUT2D eigenvalue weighted by atomic mass is 10.1. The second-order valence-electron chi connectivity index (χ2n) is 4.15. The van der Waals surface area contributed by atoms with Crippen molar-refractivity contribution in [1.29, 1.82) is 0 Å². The Hall–Kier alpha value is -0.190. The van der Waals surface area contributed by atoms with Gasteiger partial charge in [0.15, 0.2) is 0 Å². The van der Waals surface area contributed by atoms with E-state index in [2.05, 4.69) is 27.3 Å². The van der Waals surface area contributed by atoms with Crippen molar-refractivity contribution >= 4 is 33.4 Å². The van der Waals surface area contributed by atoms with Crippen molar-refractivity contribution in [3.8, 4) is 0 Å². The molecule has 0 amide bonds. The number of rotatable bonds is 3. The zero-order valence-corrected chi connectivity index (χ0v) is 11.6. The molecule has 0 spiro atoms. The van der Waals surface area contributed by atoms with Crippen LogP contribution in [0.15, 0.2) is 27.6 Å². The Bertz CT molecular complexity index is 351. The van der Waals surface area contributed by atoms with Gasteiger partial charge < -0.3 is 11.1 Å². The van der Waals surface area contributed by atoms with Crippen LogP contribution in [0.1, 0.15) is 19.3 Å². The molecule has 1 aliphatic heterocycles.